The lowest BCUT2D eigenvalue weighted by molar-refractivity contribution is 0.0652. The molecule has 1 aromatic carbocycles. The van der Waals surface area contributed by atoms with Crippen LogP contribution in [0, 0.1) is 5.92 Å². The number of hydrogen-bond donors (Lipinski definition) is 1. The number of carbonyl (C=O) groups excluding carboxylic acids is 1. The summed E-state index contributed by atoms with van der Waals surface area (Å²) in [4.78, 5) is 14.8. The normalized spacial score (nSPS) is 15.4. The SMILES string of the molecule is COc1cccc(C(=O)N(CC(C)C)C2CCCC2)c1O. The fourth-order valence-electron chi connectivity index (χ4n) is 3.02. The van der Waals surface area contributed by atoms with E-state index in [1.165, 1.54) is 20.0 Å². The zero-order valence-electron chi connectivity index (χ0n) is 13.1. The molecule has 0 aliphatic heterocycles. The van der Waals surface area contributed by atoms with Crippen molar-refractivity contribution in [3.63, 3.8) is 0 Å². The van der Waals surface area contributed by atoms with Crippen LogP contribution >= 0.6 is 0 Å². The molecule has 21 heavy (non-hydrogen) atoms. The minimum atomic E-state index is -0.0907. The number of carbonyl (C=O) groups is 1. The van der Waals surface area contributed by atoms with Crippen molar-refractivity contribution >= 4 is 5.91 Å². The molecule has 1 fully saturated rings. The van der Waals surface area contributed by atoms with Gasteiger partial charge in [0, 0.05) is 12.6 Å². The molecule has 0 unspecified atom stereocenters. The van der Waals surface area contributed by atoms with Crippen molar-refractivity contribution in [2.45, 2.75) is 45.6 Å². The van der Waals surface area contributed by atoms with E-state index in [1.54, 1.807) is 18.2 Å². The first kappa shape index (κ1) is 15.7. The molecule has 1 aromatic rings. The first-order valence-electron chi connectivity index (χ1n) is 7.71. The summed E-state index contributed by atoms with van der Waals surface area (Å²) in [7, 11) is 1.49. The van der Waals surface area contributed by atoms with Crippen LogP contribution in [-0.2, 0) is 0 Å². The highest BCUT2D eigenvalue weighted by molar-refractivity contribution is 5.97. The summed E-state index contributed by atoms with van der Waals surface area (Å²) in [6, 6.07) is 5.37. The highest BCUT2D eigenvalue weighted by atomic mass is 16.5. The highest BCUT2D eigenvalue weighted by Gasteiger charge is 2.29. The molecule has 0 spiro atoms. The van der Waals surface area contributed by atoms with Crippen molar-refractivity contribution in [1.29, 1.82) is 0 Å². The molecule has 1 amide bonds. The Morgan fingerprint density at radius 2 is 2.05 bits per heavy atom. The topological polar surface area (TPSA) is 49.8 Å². The molecule has 2 rings (SSSR count). The maximum Gasteiger partial charge on any atom is 0.258 e. The van der Waals surface area contributed by atoms with E-state index in [2.05, 4.69) is 13.8 Å². The van der Waals surface area contributed by atoms with Gasteiger partial charge in [-0.3, -0.25) is 4.79 Å². The number of para-hydroxylation sites is 1. The van der Waals surface area contributed by atoms with E-state index in [9.17, 15) is 9.90 Å². The number of aromatic hydroxyl groups is 1. The first-order valence-corrected chi connectivity index (χ1v) is 7.71. The molecule has 4 nitrogen and oxygen atoms in total. The van der Waals surface area contributed by atoms with Crippen LogP contribution in [0.25, 0.3) is 0 Å². The Hall–Kier alpha value is -1.71. The van der Waals surface area contributed by atoms with Gasteiger partial charge >= 0.3 is 0 Å². The average molecular weight is 291 g/mol. The molecule has 1 aliphatic carbocycles. The molecule has 116 valence electrons. The van der Waals surface area contributed by atoms with Gasteiger partial charge in [-0.25, -0.2) is 0 Å². The zero-order valence-corrected chi connectivity index (χ0v) is 13.1. The van der Waals surface area contributed by atoms with Crippen molar-refractivity contribution in [2.75, 3.05) is 13.7 Å². The molecular formula is C17H25NO3. The second-order valence-corrected chi connectivity index (χ2v) is 6.15. The molecule has 0 atom stereocenters. The van der Waals surface area contributed by atoms with E-state index in [0.29, 0.717) is 23.3 Å². The Kier molecular flexibility index (Phi) is 5.10. The molecule has 1 N–H and O–H groups in total. The number of phenols is 1. The van der Waals surface area contributed by atoms with Gasteiger partial charge in [-0.15, -0.1) is 0 Å². The summed E-state index contributed by atoms with van der Waals surface area (Å²) in [6.45, 7) is 4.95. The van der Waals surface area contributed by atoms with Crippen molar-refractivity contribution in [3.05, 3.63) is 23.8 Å². The smallest absolute Gasteiger partial charge is 0.258 e. The van der Waals surface area contributed by atoms with Crippen molar-refractivity contribution in [2.24, 2.45) is 5.92 Å². The van der Waals surface area contributed by atoms with Gasteiger partial charge in [0.05, 0.1) is 12.7 Å². The Morgan fingerprint density at radius 1 is 1.38 bits per heavy atom. The van der Waals surface area contributed by atoms with Gasteiger partial charge in [-0.1, -0.05) is 32.8 Å². The van der Waals surface area contributed by atoms with Gasteiger partial charge in [0.15, 0.2) is 11.5 Å². The fourth-order valence-corrected chi connectivity index (χ4v) is 3.02. The largest absolute Gasteiger partial charge is 0.504 e. The first-order chi connectivity index (χ1) is 10.0. The minimum Gasteiger partial charge on any atom is -0.504 e. The summed E-state index contributed by atoms with van der Waals surface area (Å²) in [5.41, 5.74) is 0.335. The van der Waals surface area contributed by atoms with Gasteiger partial charge in [-0.05, 0) is 30.9 Å². The summed E-state index contributed by atoms with van der Waals surface area (Å²) < 4.78 is 5.10. The number of methoxy groups -OCH3 is 1. The lowest BCUT2D eigenvalue weighted by Crippen LogP contribution is -2.41. The van der Waals surface area contributed by atoms with Crippen LogP contribution in [0.2, 0.25) is 0 Å². The maximum atomic E-state index is 12.9. The number of nitrogens with zero attached hydrogens (tertiary/aromatic N) is 1. The van der Waals surface area contributed by atoms with Crippen LogP contribution in [0.15, 0.2) is 18.2 Å². The van der Waals surface area contributed by atoms with Crippen molar-refractivity contribution in [1.82, 2.24) is 4.90 Å². The highest BCUT2D eigenvalue weighted by Crippen LogP contribution is 2.32. The molecule has 0 bridgehead atoms. The van der Waals surface area contributed by atoms with Crippen LogP contribution in [0.4, 0.5) is 0 Å². The number of rotatable bonds is 5. The quantitative estimate of drug-likeness (QED) is 0.904. The second kappa shape index (κ2) is 6.83. The predicted octanol–water partition coefficient (Wildman–Crippen LogP) is 3.44. The van der Waals surface area contributed by atoms with Crippen LogP contribution in [0.1, 0.15) is 49.9 Å². The van der Waals surface area contributed by atoms with E-state index in [1.807, 2.05) is 4.90 Å². The van der Waals surface area contributed by atoms with Gasteiger partial charge < -0.3 is 14.7 Å². The average Bonchev–Trinajstić information content (AvgIpc) is 2.98. The number of amides is 1. The molecule has 0 radical (unpaired) electrons. The lowest BCUT2D eigenvalue weighted by atomic mass is 10.1. The summed E-state index contributed by atoms with van der Waals surface area (Å²) in [5, 5.41) is 10.2. The van der Waals surface area contributed by atoms with E-state index >= 15 is 0 Å². The van der Waals surface area contributed by atoms with E-state index in [4.69, 9.17) is 4.74 Å². The van der Waals surface area contributed by atoms with E-state index in [0.717, 1.165) is 19.4 Å². The van der Waals surface area contributed by atoms with Gasteiger partial charge in [-0.2, -0.15) is 0 Å². The lowest BCUT2D eigenvalue weighted by Gasteiger charge is -2.31. The van der Waals surface area contributed by atoms with Crippen LogP contribution in [-0.4, -0.2) is 35.6 Å². The van der Waals surface area contributed by atoms with E-state index in [-0.39, 0.29) is 11.7 Å². The third-order valence-corrected chi connectivity index (χ3v) is 4.04. The van der Waals surface area contributed by atoms with Crippen molar-refractivity contribution in [3.8, 4) is 11.5 Å². The summed E-state index contributed by atoms with van der Waals surface area (Å²) in [5.74, 6) is 0.600. The third-order valence-electron chi connectivity index (χ3n) is 4.04. The van der Waals surface area contributed by atoms with Gasteiger partial charge in [0.25, 0.3) is 5.91 Å². The number of phenolic OH excluding ortho intramolecular Hbond substituents is 1. The van der Waals surface area contributed by atoms with E-state index < -0.39 is 0 Å². The molecular weight excluding hydrogens is 266 g/mol. The zero-order chi connectivity index (χ0) is 15.4. The minimum absolute atomic E-state index is 0.0586. The fraction of sp³-hybridized carbons (Fsp3) is 0.588. The Morgan fingerprint density at radius 3 is 2.62 bits per heavy atom. The number of hydrogen-bond acceptors (Lipinski definition) is 3. The van der Waals surface area contributed by atoms with Crippen LogP contribution in [0.3, 0.4) is 0 Å². The van der Waals surface area contributed by atoms with Gasteiger partial charge in [0.1, 0.15) is 0 Å². The molecule has 4 heteroatoms. The standard InChI is InChI=1S/C17H25NO3/c1-12(2)11-18(13-7-4-5-8-13)17(20)14-9-6-10-15(21-3)16(14)19/h6,9-10,12-13,19H,4-5,7-8,11H2,1-3H3. The summed E-state index contributed by atoms with van der Waals surface area (Å²) >= 11 is 0. The second-order valence-electron chi connectivity index (χ2n) is 6.15. The maximum absolute atomic E-state index is 12.9. The van der Waals surface area contributed by atoms with Crippen molar-refractivity contribution < 1.29 is 14.6 Å². The molecule has 0 aromatic heterocycles. The Labute approximate surface area is 126 Å². The predicted molar refractivity (Wildman–Crippen MR) is 82.8 cm³/mol. The Balaban J connectivity index is 2.29. The number of benzene rings is 1. The summed E-state index contributed by atoms with van der Waals surface area (Å²) in [6.07, 6.45) is 4.47. The molecule has 1 aliphatic rings. The third kappa shape index (κ3) is 3.49. The molecule has 0 heterocycles. The van der Waals surface area contributed by atoms with Crippen LogP contribution in [0.5, 0.6) is 11.5 Å². The van der Waals surface area contributed by atoms with Gasteiger partial charge in [0.2, 0.25) is 0 Å². The monoisotopic (exact) mass is 291 g/mol. The molecule has 1 saturated carbocycles. The Bertz CT molecular complexity index is 493. The molecule has 0 saturated heterocycles. The van der Waals surface area contributed by atoms with Crippen LogP contribution < -0.4 is 4.74 Å². The number of ether oxygens (including phenoxy) is 1.